The van der Waals surface area contributed by atoms with Gasteiger partial charge in [0, 0.05) is 12.1 Å². The summed E-state index contributed by atoms with van der Waals surface area (Å²) in [6, 6.07) is 16.3. The third-order valence-corrected chi connectivity index (χ3v) is 7.67. The number of hydrogen-bond donors (Lipinski definition) is 1. The van der Waals surface area contributed by atoms with Gasteiger partial charge in [0.25, 0.3) is 5.91 Å². The third kappa shape index (κ3) is 4.10. The normalized spacial score (nSPS) is 18.3. The van der Waals surface area contributed by atoms with E-state index in [0.29, 0.717) is 54.0 Å². The molecule has 0 aromatic heterocycles. The van der Waals surface area contributed by atoms with Crippen LogP contribution in [0.3, 0.4) is 0 Å². The second-order valence-electron chi connectivity index (χ2n) is 9.74. The van der Waals surface area contributed by atoms with Crippen LogP contribution in [0.2, 0.25) is 0 Å². The van der Waals surface area contributed by atoms with Gasteiger partial charge in [-0.25, -0.2) is 4.39 Å². The first-order valence-corrected chi connectivity index (χ1v) is 12.1. The zero-order valence-electron chi connectivity index (χ0n) is 20.1. The van der Waals surface area contributed by atoms with Crippen molar-refractivity contribution in [3.8, 4) is 17.2 Å². The largest absolute Gasteiger partial charge is 0.481 e. The van der Waals surface area contributed by atoms with Crippen molar-refractivity contribution >= 4 is 11.9 Å². The van der Waals surface area contributed by atoms with Crippen molar-refractivity contribution < 1.29 is 32.3 Å². The Hall–Kier alpha value is -4.19. The number of alkyl halides is 3. The Morgan fingerprint density at radius 1 is 1.05 bits per heavy atom. The highest BCUT2D eigenvalue weighted by Gasteiger charge is 2.56. The van der Waals surface area contributed by atoms with Crippen LogP contribution in [0.5, 0.6) is 0 Å². The average Bonchev–Trinajstić information content (AvgIpc) is 3.35. The zero-order valence-corrected chi connectivity index (χ0v) is 20.1. The predicted octanol–water partition coefficient (Wildman–Crippen LogP) is 6.52. The fourth-order valence-electron chi connectivity index (χ4n) is 6.00. The van der Waals surface area contributed by atoms with E-state index < -0.39 is 40.9 Å². The van der Waals surface area contributed by atoms with Gasteiger partial charge < -0.3 is 10.0 Å². The minimum Gasteiger partial charge on any atom is -0.481 e. The molecule has 1 aliphatic heterocycles. The Morgan fingerprint density at radius 2 is 1.76 bits per heavy atom. The lowest BCUT2D eigenvalue weighted by atomic mass is 9.70. The molecule has 0 saturated heterocycles. The first-order chi connectivity index (χ1) is 18.1. The van der Waals surface area contributed by atoms with Crippen LogP contribution < -0.4 is 0 Å². The van der Waals surface area contributed by atoms with Crippen molar-refractivity contribution in [2.45, 2.75) is 49.9 Å². The molecule has 0 radical (unpaired) electrons. The number of carboxylic acids is 1. The molecule has 1 N–H and O–H groups in total. The minimum atomic E-state index is -4.86. The summed E-state index contributed by atoms with van der Waals surface area (Å²) in [6.45, 7) is -0.226. The molecule has 38 heavy (non-hydrogen) atoms. The van der Waals surface area contributed by atoms with Crippen molar-refractivity contribution in [3.63, 3.8) is 0 Å². The predicted molar refractivity (Wildman–Crippen MR) is 129 cm³/mol. The van der Waals surface area contributed by atoms with Gasteiger partial charge in [-0.3, -0.25) is 9.59 Å². The molecule has 194 valence electrons. The summed E-state index contributed by atoms with van der Waals surface area (Å²) in [5.74, 6) is -4.14. The van der Waals surface area contributed by atoms with E-state index in [2.05, 4.69) is 6.07 Å². The molecule has 1 atom stereocenters. The molecular weight excluding hydrogens is 500 g/mol. The number of nitriles is 1. The Labute approximate surface area is 215 Å². The van der Waals surface area contributed by atoms with E-state index in [1.807, 2.05) is 0 Å². The molecule has 1 saturated carbocycles. The molecule has 1 heterocycles. The van der Waals surface area contributed by atoms with E-state index in [4.69, 9.17) is 0 Å². The Balaban J connectivity index is 1.63. The maximum Gasteiger partial charge on any atom is 0.419 e. The van der Waals surface area contributed by atoms with E-state index in [1.165, 1.54) is 11.0 Å². The van der Waals surface area contributed by atoms with Crippen molar-refractivity contribution in [2.75, 3.05) is 0 Å². The van der Waals surface area contributed by atoms with Gasteiger partial charge in [0.15, 0.2) is 0 Å². The molecule has 1 aliphatic carbocycles. The number of carboxylic acid groups (broad SMARTS) is 1. The van der Waals surface area contributed by atoms with E-state index in [9.17, 15) is 37.5 Å². The molecular formula is C29H22F4N2O3. The van der Waals surface area contributed by atoms with Gasteiger partial charge in [-0.1, -0.05) is 43.2 Å². The fourth-order valence-corrected chi connectivity index (χ4v) is 6.00. The van der Waals surface area contributed by atoms with Gasteiger partial charge in [0.2, 0.25) is 0 Å². The Morgan fingerprint density at radius 3 is 2.39 bits per heavy atom. The van der Waals surface area contributed by atoms with Crippen LogP contribution in [0.15, 0.2) is 60.7 Å². The molecule has 1 amide bonds. The second-order valence-corrected chi connectivity index (χ2v) is 9.74. The quantitative estimate of drug-likeness (QED) is 0.396. The zero-order chi connectivity index (χ0) is 27.2. The number of fused-ring (bicyclic) bond motifs is 1. The van der Waals surface area contributed by atoms with Crippen LogP contribution in [0, 0.1) is 17.1 Å². The number of halogens is 4. The average molecular weight is 522 g/mol. The van der Waals surface area contributed by atoms with Gasteiger partial charge in [-0.15, -0.1) is 0 Å². The molecule has 1 fully saturated rings. The Bertz CT molecular complexity index is 1490. The molecule has 5 rings (SSSR count). The Kier molecular flexibility index (Phi) is 6.22. The molecule has 0 bridgehead atoms. The van der Waals surface area contributed by atoms with Crippen LogP contribution >= 0.6 is 0 Å². The van der Waals surface area contributed by atoms with Crippen molar-refractivity contribution in [2.24, 2.45) is 0 Å². The lowest BCUT2D eigenvalue weighted by Crippen LogP contribution is -2.58. The van der Waals surface area contributed by atoms with E-state index in [0.717, 1.165) is 12.1 Å². The highest BCUT2D eigenvalue weighted by molar-refractivity contribution is 6.01. The van der Waals surface area contributed by atoms with Gasteiger partial charge in [0.05, 0.1) is 22.7 Å². The summed E-state index contributed by atoms with van der Waals surface area (Å²) in [7, 11) is 0. The standard InChI is InChI=1S/C29H22F4N2O3/c30-24-13-17(7-10-23(24)29(31,32)33)16-35-26(36)21-9-8-18(20-6-2-1-5-19(20)15-34)14-22(21)25(27(37)38)28(35)11-3-4-12-28/h1-2,5-10,13-14,25H,3-4,11-12,16H2,(H,37,38). The summed E-state index contributed by atoms with van der Waals surface area (Å²) in [6.07, 6.45) is -2.75. The van der Waals surface area contributed by atoms with Gasteiger partial charge in [-0.2, -0.15) is 18.4 Å². The fraction of sp³-hybridized carbons (Fsp3) is 0.276. The van der Waals surface area contributed by atoms with Crippen LogP contribution in [-0.2, 0) is 17.5 Å². The van der Waals surface area contributed by atoms with E-state index in [-0.39, 0.29) is 17.7 Å². The number of benzene rings is 3. The van der Waals surface area contributed by atoms with Gasteiger partial charge >= 0.3 is 12.1 Å². The number of nitrogens with zero attached hydrogens (tertiary/aromatic N) is 2. The number of hydrogen-bond acceptors (Lipinski definition) is 3. The van der Waals surface area contributed by atoms with Crippen molar-refractivity contribution in [3.05, 3.63) is 94.3 Å². The monoisotopic (exact) mass is 522 g/mol. The summed E-state index contributed by atoms with van der Waals surface area (Å²) in [4.78, 5) is 28.0. The van der Waals surface area contributed by atoms with Crippen LogP contribution in [0.25, 0.3) is 11.1 Å². The lowest BCUT2D eigenvalue weighted by molar-refractivity contribution is -0.143. The topological polar surface area (TPSA) is 81.4 Å². The maximum atomic E-state index is 14.3. The number of rotatable bonds is 4. The molecule has 9 heteroatoms. The van der Waals surface area contributed by atoms with E-state index >= 15 is 0 Å². The molecule has 2 aliphatic rings. The van der Waals surface area contributed by atoms with Gasteiger partial charge in [-0.05, 0) is 65.4 Å². The first-order valence-electron chi connectivity index (χ1n) is 12.1. The van der Waals surface area contributed by atoms with Crippen molar-refractivity contribution in [1.82, 2.24) is 4.90 Å². The number of amides is 1. The smallest absolute Gasteiger partial charge is 0.419 e. The summed E-state index contributed by atoms with van der Waals surface area (Å²) in [5.41, 5.74) is -0.262. The number of carbonyl (C=O) groups excluding carboxylic acids is 1. The van der Waals surface area contributed by atoms with Gasteiger partial charge in [0.1, 0.15) is 11.7 Å². The molecule has 1 spiro atoms. The van der Waals surface area contributed by atoms with Crippen molar-refractivity contribution in [1.29, 1.82) is 5.26 Å². The second kappa shape index (κ2) is 9.28. The number of carbonyl (C=O) groups is 2. The SMILES string of the molecule is N#Cc1ccccc1-c1ccc2c(c1)C(C(=O)O)C1(CCCC1)N(Cc1ccc(C(F)(F)F)c(F)c1)C2=O. The van der Waals surface area contributed by atoms with Crippen LogP contribution in [0.1, 0.15) is 64.2 Å². The molecule has 5 nitrogen and oxygen atoms in total. The molecule has 3 aromatic carbocycles. The first kappa shape index (κ1) is 25.5. The van der Waals surface area contributed by atoms with E-state index in [1.54, 1.807) is 36.4 Å². The molecule has 3 aromatic rings. The number of aliphatic carboxylic acids is 1. The third-order valence-electron chi connectivity index (χ3n) is 7.67. The summed E-state index contributed by atoms with van der Waals surface area (Å²) >= 11 is 0. The molecule has 1 unspecified atom stereocenters. The highest BCUT2D eigenvalue weighted by atomic mass is 19.4. The minimum absolute atomic E-state index is 0.141. The summed E-state index contributed by atoms with van der Waals surface area (Å²) in [5, 5.41) is 20.0. The van der Waals surface area contributed by atoms with Crippen LogP contribution in [0.4, 0.5) is 17.6 Å². The summed E-state index contributed by atoms with van der Waals surface area (Å²) < 4.78 is 53.5. The highest BCUT2D eigenvalue weighted by Crippen LogP contribution is 2.51. The van der Waals surface area contributed by atoms with Crippen LogP contribution in [-0.4, -0.2) is 27.4 Å². The lowest BCUT2D eigenvalue weighted by Gasteiger charge is -2.49. The maximum absolute atomic E-state index is 14.3.